The molecule has 1 N–H and O–H groups in total. The summed E-state index contributed by atoms with van der Waals surface area (Å²) in [6.45, 7) is 1.77. The zero-order chi connectivity index (χ0) is 13.5. The Kier molecular flexibility index (Phi) is 2.67. The number of hydrogen-bond donors (Lipinski definition) is 1. The zero-order valence-electron chi connectivity index (χ0n) is 10.9. The number of fused-ring (bicyclic) bond motifs is 3. The molecule has 2 aliphatic heterocycles. The normalized spacial score (nSPS) is 19.9. The topological polar surface area (TPSA) is 27.6 Å². The van der Waals surface area contributed by atoms with Crippen molar-refractivity contribution in [3.8, 4) is 0 Å². The van der Waals surface area contributed by atoms with Crippen molar-refractivity contribution >= 4 is 23.2 Å². The fourth-order valence-corrected chi connectivity index (χ4v) is 3.10. The van der Waals surface area contributed by atoms with Crippen LogP contribution in [0.25, 0.3) is 0 Å². The molecule has 4 heteroatoms. The van der Waals surface area contributed by atoms with Gasteiger partial charge in [-0.15, -0.1) is 0 Å². The van der Waals surface area contributed by atoms with E-state index in [0.717, 1.165) is 24.1 Å². The molecular weight excluding hydrogens is 270 g/mol. The number of halogens is 1. The van der Waals surface area contributed by atoms with Crippen molar-refractivity contribution in [2.45, 2.75) is 6.04 Å². The lowest BCUT2D eigenvalue weighted by Crippen LogP contribution is -2.45. The van der Waals surface area contributed by atoms with Gasteiger partial charge in [0.05, 0.1) is 12.6 Å². The highest BCUT2D eigenvalue weighted by Gasteiger charge is 2.32. The Balaban J connectivity index is 1.89. The molecule has 100 valence electrons. The van der Waals surface area contributed by atoms with Crippen LogP contribution in [0.1, 0.15) is 17.2 Å². The van der Waals surface area contributed by atoms with E-state index in [-0.39, 0.29) is 6.04 Å². The first-order valence-electron chi connectivity index (χ1n) is 6.76. The van der Waals surface area contributed by atoms with E-state index in [1.54, 1.807) is 0 Å². The fourth-order valence-electron chi connectivity index (χ4n) is 2.92. The summed E-state index contributed by atoms with van der Waals surface area (Å²) < 4.78 is 0. The van der Waals surface area contributed by atoms with E-state index in [4.69, 9.17) is 11.6 Å². The van der Waals surface area contributed by atoms with Gasteiger partial charge in [0.15, 0.2) is 5.96 Å². The number of nitrogens with one attached hydrogen (secondary N) is 1. The number of guanidine groups is 1. The molecule has 3 nitrogen and oxygen atoms in total. The second-order valence-electron chi connectivity index (χ2n) is 5.05. The van der Waals surface area contributed by atoms with Crippen LogP contribution in [0.4, 0.5) is 5.69 Å². The third kappa shape index (κ3) is 1.78. The smallest absolute Gasteiger partial charge is 0.199 e. The van der Waals surface area contributed by atoms with E-state index in [1.807, 2.05) is 12.1 Å². The maximum Gasteiger partial charge on any atom is 0.199 e. The fraction of sp³-hybridized carbons (Fsp3) is 0.188. The Hall–Kier alpha value is -2.00. The molecule has 2 aliphatic rings. The van der Waals surface area contributed by atoms with Gasteiger partial charge in [-0.05, 0) is 23.8 Å². The maximum atomic E-state index is 6.20. The standard InChI is InChI=1S/C16H14ClN3/c17-12-6-7-14-13(10-12)15(11-4-2-1-3-5-11)19-16-18-8-9-20(14)16/h1-7,10,15H,8-9H2,(H,18,19). The molecule has 0 saturated heterocycles. The summed E-state index contributed by atoms with van der Waals surface area (Å²) in [5.74, 6) is 0.966. The second-order valence-corrected chi connectivity index (χ2v) is 5.48. The Bertz CT molecular complexity index is 681. The maximum absolute atomic E-state index is 6.20. The Morgan fingerprint density at radius 2 is 2.00 bits per heavy atom. The van der Waals surface area contributed by atoms with Crippen LogP contribution in [0.3, 0.4) is 0 Å². The number of aliphatic imine (C=N–C) groups is 1. The van der Waals surface area contributed by atoms with Crippen LogP contribution in [0, 0.1) is 0 Å². The highest BCUT2D eigenvalue weighted by Crippen LogP contribution is 2.37. The Morgan fingerprint density at radius 3 is 2.85 bits per heavy atom. The van der Waals surface area contributed by atoms with Gasteiger partial charge in [-0.1, -0.05) is 41.9 Å². The summed E-state index contributed by atoms with van der Waals surface area (Å²) in [5.41, 5.74) is 3.65. The van der Waals surface area contributed by atoms with Crippen LogP contribution >= 0.6 is 11.6 Å². The molecule has 0 radical (unpaired) electrons. The predicted molar refractivity (Wildman–Crippen MR) is 82.5 cm³/mol. The van der Waals surface area contributed by atoms with Gasteiger partial charge in [0.25, 0.3) is 0 Å². The minimum atomic E-state index is 0.109. The molecule has 0 aliphatic carbocycles. The molecular formula is C16H14ClN3. The quantitative estimate of drug-likeness (QED) is 0.870. The van der Waals surface area contributed by atoms with Gasteiger partial charge < -0.3 is 10.2 Å². The summed E-state index contributed by atoms with van der Waals surface area (Å²) in [6.07, 6.45) is 0. The molecule has 2 aromatic rings. The molecule has 2 heterocycles. The molecule has 0 saturated carbocycles. The first kappa shape index (κ1) is 11.8. The van der Waals surface area contributed by atoms with Crippen molar-refractivity contribution in [3.05, 3.63) is 64.7 Å². The molecule has 0 bridgehead atoms. The van der Waals surface area contributed by atoms with E-state index in [0.29, 0.717) is 0 Å². The zero-order valence-corrected chi connectivity index (χ0v) is 11.6. The minimum absolute atomic E-state index is 0.109. The molecule has 1 atom stereocenters. The van der Waals surface area contributed by atoms with Crippen LogP contribution in [0.15, 0.2) is 53.5 Å². The van der Waals surface area contributed by atoms with E-state index in [1.165, 1.54) is 16.8 Å². The highest BCUT2D eigenvalue weighted by atomic mass is 35.5. The molecule has 2 aromatic carbocycles. The van der Waals surface area contributed by atoms with Crippen molar-refractivity contribution in [1.82, 2.24) is 5.32 Å². The van der Waals surface area contributed by atoms with E-state index >= 15 is 0 Å². The van der Waals surface area contributed by atoms with Crippen molar-refractivity contribution in [3.63, 3.8) is 0 Å². The monoisotopic (exact) mass is 283 g/mol. The highest BCUT2D eigenvalue weighted by molar-refractivity contribution is 6.30. The second kappa shape index (κ2) is 4.53. The van der Waals surface area contributed by atoms with Gasteiger partial charge >= 0.3 is 0 Å². The number of benzene rings is 2. The summed E-state index contributed by atoms with van der Waals surface area (Å²) in [5, 5.41) is 4.30. The van der Waals surface area contributed by atoms with Crippen LogP contribution in [0.5, 0.6) is 0 Å². The molecule has 1 unspecified atom stereocenters. The van der Waals surface area contributed by atoms with Gasteiger partial charge in [-0.25, -0.2) is 0 Å². The summed E-state index contributed by atoms with van der Waals surface area (Å²) in [4.78, 5) is 6.78. The largest absolute Gasteiger partial charge is 0.345 e. The third-order valence-electron chi connectivity index (χ3n) is 3.84. The van der Waals surface area contributed by atoms with Crippen LogP contribution in [-0.4, -0.2) is 19.0 Å². The molecule has 4 rings (SSSR count). The third-order valence-corrected chi connectivity index (χ3v) is 4.07. The Labute approximate surface area is 122 Å². The molecule has 0 spiro atoms. The molecule has 20 heavy (non-hydrogen) atoms. The van der Waals surface area contributed by atoms with E-state index < -0.39 is 0 Å². The lowest BCUT2D eigenvalue weighted by Gasteiger charge is -2.35. The molecule has 0 fully saturated rings. The number of anilines is 1. The number of rotatable bonds is 1. The van der Waals surface area contributed by atoms with Crippen molar-refractivity contribution in [2.75, 3.05) is 18.0 Å². The van der Waals surface area contributed by atoms with Crippen molar-refractivity contribution in [2.24, 2.45) is 4.99 Å². The minimum Gasteiger partial charge on any atom is -0.345 e. The first-order chi connectivity index (χ1) is 9.83. The van der Waals surface area contributed by atoms with Gasteiger partial charge in [-0.2, -0.15) is 0 Å². The average Bonchev–Trinajstić information content (AvgIpc) is 2.95. The molecule has 0 amide bonds. The number of hydrogen-bond acceptors (Lipinski definition) is 3. The van der Waals surface area contributed by atoms with Crippen molar-refractivity contribution in [1.29, 1.82) is 0 Å². The Morgan fingerprint density at radius 1 is 1.15 bits per heavy atom. The van der Waals surface area contributed by atoms with E-state index in [2.05, 4.69) is 51.6 Å². The SMILES string of the molecule is Clc1ccc2c(c1)C(c1ccccc1)NC1=NCCN12. The first-order valence-corrected chi connectivity index (χ1v) is 7.13. The van der Waals surface area contributed by atoms with Crippen LogP contribution < -0.4 is 10.2 Å². The summed E-state index contributed by atoms with van der Waals surface area (Å²) >= 11 is 6.20. The van der Waals surface area contributed by atoms with Crippen LogP contribution in [0.2, 0.25) is 5.02 Å². The average molecular weight is 284 g/mol. The van der Waals surface area contributed by atoms with Crippen molar-refractivity contribution < 1.29 is 0 Å². The van der Waals surface area contributed by atoms with Crippen LogP contribution in [-0.2, 0) is 0 Å². The van der Waals surface area contributed by atoms with Gasteiger partial charge in [-0.3, -0.25) is 4.99 Å². The molecule has 0 aromatic heterocycles. The summed E-state index contributed by atoms with van der Waals surface area (Å²) in [7, 11) is 0. The lowest BCUT2D eigenvalue weighted by atomic mass is 9.95. The van der Waals surface area contributed by atoms with Gasteiger partial charge in [0.1, 0.15) is 0 Å². The lowest BCUT2D eigenvalue weighted by molar-refractivity contribution is 0.731. The summed E-state index contributed by atoms with van der Waals surface area (Å²) in [6, 6.07) is 16.6. The predicted octanol–water partition coefficient (Wildman–Crippen LogP) is 3.21. The number of nitrogens with zero attached hydrogens (tertiary/aromatic N) is 2. The van der Waals surface area contributed by atoms with Gasteiger partial charge in [0, 0.05) is 22.8 Å². The van der Waals surface area contributed by atoms with E-state index in [9.17, 15) is 0 Å². The van der Waals surface area contributed by atoms with Gasteiger partial charge in [0.2, 0.25) is 0 Å².